The van der Waals surface area contributed by atoms with E-state index in [0.29, 0.717) is 5.25 Å². The summed E-state index contributed by atoms with van der Waals surface area (Å²) < 4.78 is 5.12. The van der Waals surface area contributed by atoms with Crippen LogP contribution in [0.2, 0.25) is 0 Å². The summed E-state index contributed by atoms with van der Waals surface area (Å²) in [6, 6.07) is 8.11. The van der Waals surface area contributed by atoms with Crippen molar-refractivity contribution in [2.75, 3.05) is 13.2 Å². The molecule has 0 saturated carbocycles. The molecule has 0 unspecified atom stereocenters. The van der Waals surface area contributed by atoms with Crippen molar-refractivity contribution < 1.29 is 9.84 Å². The van der Waals surface area contributed by atoms with Crippen LogP contribution in [0.15, 0.2) is 29.2 Å². The molecule has 1 heterocycles. The highest BCUT2D eigenvalue weighted by Gasteiger charge is 2.20. The standard InChI is InChI=1S/C12H16O2S/c1-12(2,13)9-3-5-10(6-4-9)15-11-7-14-8-11/h3-6,11,13H,7-8H2,1-2H3. The van der Waals surface area contributed by atoms with Gasteiger partial charge >= 0.3 is 0 Å². The molecule has 1 saturated heterocycles. The summed E-state index contributed by atoms with van der Waals surface area (Å²) in [7, 11) is 0. The van der Waals surface area contributed by atoms with Gasteiger partial charge in [0.15, 0.2) is 0 Å². The third-order valence-electron chi connectivity index (χ3n) is 2.47. The molecule has 1 aromatic rings. The molecule has 2 rings (SSSR count). The highest BCUT2D eigenvalue weighted by atomic mass is 32.2. The highest BCUT2D eigenvalue weighted by molar-refractivity contribution is 8.00. The molecule has 0 amide bonds. The number of aliphatic hydroxyl groups is 1. The third kappa shape index (κ3) is 2.74. The lowest BCUT2D eigenvalue weighted by Gasteiger charge is -2.25. The van der Waals surface area contributed by atoms with Gasteiger partial charge in [-0.1, -0.05) is 12.1 Å². The second-order valence-electron chi connectivity index (χ2n) is 4.36. The number of benzene rings is 1. The van der Waals surface area contributed by atoms with E-state index in [1.165, 1.54) is 4.90 Å². The zero-order valence-corrected chi connectivity index (χ0v) is 9.88. The molecule has 15 heavy (non-hydrogen) atoms. The average molecular weight is 224 g/mol. The number of rotatable bonds is 3. The van der Waals surface area contributed by atoms with E-state index in [-0.39, 0.29) is 0 Å². The quantitative estimate of drug-likeness (QED) is 0.855. The molecule has 2 nitrogen and oxygen atoms in total. The van der Waals surface area contributed by atoms with E-state index in [1.54, 1.807) is 13.8 Å². The zero-order valence-electron chi connectivity index (χ0n) is 9.06. The largest absolute Gasteiger partial charge is 0.386 e. The maximum absolute atomic E-state index is 9.79. The third-order valence-corrected chi connectivity index (χ3v) is 3.62. The van der Waals surface area contributed by atoms with Crippen LogP contribution in [-0.4, -0.2) is 23.6 Å². The maximum Gasteiger partial charge on any atom is 0.0840 e. The number of thioether (sulfide) groups is 1. The topological polar surface area (TPSA) is 29.5 Å². The molecule has 1 N–H and O–H groups in total. The van der Waals surface area contributed by atoms with Crippen molar-refractivity contribution in [3.05, 3.63) is 29.8 Å². The monoisotopic (exact) mass is 224 g/mol. The van der Waals surface area contributed by atoms with Crippen LogP contribution in [0.3, 0.4) is 0 Å². The van der Waals surface area contributed by atoms with E-state index in [0.717, 1.165) is 18.8 Å². The van der Waals surface area contributed by atoms with Crippen LogP contribution in [0.5, 0.6) is 0 Å². The molecule has 0 spiro atoms. The molecule has 1 aliphatic heterocycles. The average Bonchev–Trinajstić information content (AvgIpc) is 2.11. The predicted molar refractivity (Wildman–Crippen MR) is 62.2 cm³/mol. The van der Waals surface area contributed by atoms with Gasteiger partial charge in [-0.15, -0.1) is 11.8 Å². The summed E-state index contributed by atoms with van der Waals surface area (Å²) in [6.07, 6.45) is 0. The molecule has 0 atom stereocenters. The minimum atomic E-state index is -0.747. The molecular formula is C12H16O2S. The Morgan fingerprint density at radius 2 is 1.87 bits per heavy atom. The first kappa shape index (κ1) is 11.0. The summed E-state index contributed by atoms with van der Waals surface area (Å²) in [4.78, 5) is 1.25. The molecule has 1 aliphatic rings. The number of hydrogen-bond donors (Lipinski definition) is 1. The fraction of sp³-hybridized carbons (Fsp3) is 0.500. The van der Waals surface area contributed by atoms with E-state index in [9.17, 15) is 5.11 Å². The fourth-order valence-electron chi connectivity index (χ4n) is 1.42. The number of ether oxygens (including phenoxy) is 1. The normalized spacial score (nSPS) is 17.5. The highest BCUT2D eigenvalue weighted by Crippen LogP contribution is 2.29. The van der Waals surface area contributed by atoms with Crippen LogP contribution in [-0.2, 0) is 10.3 Å². The molecular weight excluding hydrogens is 208 g/mol. The van der Waals surface area contributed by atoms with Crippen molar-refractivity contribution in [3.63, 3.8) is 0 Å². The van der Waals surface area contributed by atoms with Gasteiger partial charge in [0.1, 0.15) is 0 Å². The van der Waals surface area contributed by atoms with E-state index in [1.807, 2.05) is 23.9 Å². The molecule has 0 bridgehead atoms. The Balaban J connectivity index is 2.03. The van der Waals surface area contributed by atoms with Gasteiger partial charge < -0.3 is 9.84 Å². The van der Waals surface area contributed by atoms with Gasteiger partial charge in [0.2, 0.25) is 0 Å². The molecule has 0 aliphatic carbocycles. The SMILES string of the molecule is CC(C)(O)c1ccc(SC2COC2)cc1. The first-order valence-corrected chi connectivity index (χ1v) is 6.01. The van der Waals surface area contributed by atoms with Gasteiger partial charge in [0.05, 0.1) is 24.1 Å². The van der Waals surface area contributed by atoms with Crippen LogP contribution in [0.4, 0.5) is 0 Å². The summed E-state index contributed by atoms with van der Waals surface area (Å²) in [6.45, 7) is 5.32. The van der Waals surface area contributed by atoms with Crippen LogP contribution in [0, 0.1) is 0 Å². The van der Waals surface area contributed by atoms with Crippen molar-refractivity contribution in [3.8, 4) is 0 Å². The molecule has 82 valence electrons. The minimum Gasteiger partial charge on any atom is -0.386 e. The molecule has 1 fully saturated rings. The summed E-state index contributed by atoms with van der Waals surface area (Å²) >= 11 is 1.84. The Morgan fingerprint density at radius 3 is 2.27 bits per heavy atom. The fourth-order valence-corrected chi connectivity index (χ4v) is 2.42. The van der Waals surface area contributed by atoms with E-state index >= 15 is 0 Å². The van der Waals surface area contributed by atoms with Gasteiger partial charge in [0.25, 0.3) is 0 Å². The lowest BCUT2D eigenvalue weighted by Crippen LogP contribution is -2.30. The van der Waals surface area contributed by atoms with Gasteiger partial charge in [-0.05, 0) is 31.5 Å². The Kier molecular flexibility index (Phi) is 3.05. The van der Waals surface area contributed by atoms with Gasteiger partial charge in [0, 0.05) is 4.90 Å². The summed E-state index contributed by atoms with van der Waals surface area (Å²) in [5.41, 5.74) is 0.208. The van der Waals surface area contributed by atoms with Gasteiger partial charge in [-0.3, -0.25) is 0 Å². The lowest BCUT2D eigenvalue weighted by atomic mass is 9.99. The van der Waals surface area contributed by atoms with Crippen LogP contribution < -0.4 is 0 Å². The summed E-state index contributed by atoms with van der Waals surface area (Å²) in [5.74, 6) is 0. The second-order valence-corrected chi connectivity index (χ2v) is 5.73. The Bertz CT molecular complexity index is 322. The van der Waals surface area contributed by atoms with Crippen molar-refractivity contribution in [1.29, 1.82) is 0 Å². The predicted octanol–water partition coefficient (Wildman–Crippen LogP) is 2.40. The number of hydrogen-bond acceptors (Lipinski definition) is 3. The van der Waals surface area contributed by atoms with Crippen LogP contribution in [0.1, 0.15) is 19.4 Å². The van der Waals surface area contributed by atoms with Crippen LogP contribution >= 0.6 is 11.8 Å². The van der Waals surface area contributed by atoms with Crippen molar-refractivity contribution in [2.45, 2.75) is 29.6 Å². The molecule has 3 heteroatoms. The van der Waals surface area contributed by atoms with Gasteiger partial charge in [-0.2, -0.15) is 0 Å². The smallest absolute Gasteiger partial charge is 0.0840 e. The molecule has 0 aromatic heterocycles. The Hall–Kier alpha value is -0.510. The van der Waals surface area contributed by atoms with E-state index < -0.39 is 5.60 Å². The van der Waals surface area contributed by atoms with Crippen molar-refractivity contribution >= 4 is 11.8 Å². The zero-order chi connectivity index (χ0) is 10.9. The van der Waals surface area contributed by atoms with E-state index in [2.05, 4.69) is 12.1 Å². The summed E-state index contributed by atoms with van der Waals surface area (Å²) in [5, 5.41) is 10.4. The first-order chi connectivity index (χ1) is 7.05. The molecule has 1 aromatic carbocycles. The van der Waals surface area contributed by atoms with Crippen molar-refractivity contribution in [2.24, 2.45) is 0 Å². The second kappa shape index (κ2) is 4.16. The Labute approximate surface area is 94.6 Å². The molecule has 0 radical (unpaired) electrons. The van der Waals surface area contributed by atoms with Gasteiger partial charge in [-0.25, -0.2) is 0 Å². The lowest BCUT2D eigenvalue weighted by molar-refractivity contribution is 0.0455. The van der Waals surface area contributed by atoms with Crippen molar-refractivity contribution in [1.82, 2.24) is 0 Å². The maximum atomic E-state index is 9.79. The minimum absolute atomic E-state index is 0.609. The van der Waals surface area contributed by atoms with Crippen LogP contribution in [0.25, 0.3) is 0 Å². The first-order valence-electron chi connectivity index (χ1n) is 5.13. The Morgan fingerprint density at radius 1 is 1.27 bits per heavy atom. The van der Waals surface area contributed by atoms with E-state index in [4.69, 9.17) is 4.74 Å².